The molecule has 1 aliphatic carbocycles. The molecular weight excluding hydrogens is 318 g/mol. The minimum Gasteiger partial charge on any atom is -0.462 e. The van der Waals surface area contributed by atoms with E-state index in [9.17, 15) is 14.4 Å². The zero-order chi connectivity index (χ0) is 16.8. The summed E-state index contributed by atoms with van der Waals surface area (Å²) in [4.78, 5) is 36.5. The van der Waals surface area contributed by atoms with Crippen LogP contribution in [0.1, 0.15) is 34.1 Å². The molecule has 0 radical (unpaired) electrons. The summed E-state index contributed by atoms with van der Waals surface area (Å²) in [6.45, 7) is 2.38. The number of anilines is 1. The number of ether oxygens (including phenoxy) is 1. The van der Waals surface area contributed by atoms with Crippen molar-refractivity contribution in [2.24, 2.45) is 0 Å². The second kappa shape index (κ2) is 8.07. The molecule has 1 aliphatic rings. The molecule has 1 aromatic rings. The second-order valence-corrected chi connectivity index (χ2v) is 6.31. The highest BCUT2D eigenvalue weighted by Crippen LogP contribution is 2.39. The van der Waals surface area contributed by atoms with Gasteiger partial charge in [-0.25, -0.2) is 4.79 Å². The zero-order valence-corrected chi connectivity index (χ0v) is 14.2. The Kier molecular flexibility index (Phi) is 6.12. The third kappa shape index (κ3) is 4.29. The molecule has 23 heavy (non-hydrogen) atoms. The normalized spacial score (nSPS) is 12.6. The van der Waals surface area contributed by atoms with Gasteiger partial charge < -0.3 is 20.7 Å². The smallest absolute Gasteiger partial charge is 0.341 e. The zero-order valence-electron chi connectivity index (χ0n) is 13.4. The Morgan fingerprint density at radius 3 is 2.65 bits per heavy atom. The van der Waals surface area contributed by atoms with Crippen LogP contribution in [0.5, 0.6) is 0 Å². The van der Waals surface area contributed by atoms with Crippen molar-refractivity contribution in [3.8, 4) is 0 Å². The van der Waals surface area contributed by atoms with Gasteiger partial charge in [-0.1, -0.05) is 0 Å². The monoisotopic (exact) mass is 340 g/mol. The van der Waals surface area contributed by atoms with Crippen LogP contribution in [0.25, 0.3) is 0 Å². The number of fused-ring (bicyclic) bond motifs is 1. The Hall–Kier alpha value is -1.93. The molecule has 0 spiro atoms. The summed E-state index contributed by atoms with van der Waals surface area (Å²) in [5, 5.41) is 7.45. The number of thiophene rings is 1. The predicted molar refractivity (Wildman–Crippen MR) is 86.7 cm³/mol. The Bertz CT molecular complexity index is 612. The third-order valence-corrected chi connectivity index (χ3v) is 4.80. The van der Waals surface area contributed by atoms with Crippen molar-refractivity contribution < 1.29 is 24.4 Å². The van der Waals surface area contributed by atoms with Crippen molar-refractivity contribution in [3.05, 3.63) is 16.0 Å². The van der Waals surface area contributed by atoms with Crippen LogP contribution in [-0.4, -0.2) is 44.5 Å². The van der Waals surface area contributed by atoms with Crippen molar-refractivity contribution in [2.45, 2.75) is 26.2 Å². The fraction of sp³-hybridized carbons (Fsp3) is 0.533. The number of rotatable bonds is 7. The number of carbonyl (C=O) groups is 3. The third-order valence-electron chi connectivity index (χ3n) is 3.59. The van der Waals surface area contributed by atoms with E-state index in [-0.39, 0.29) is 30.9 Å². The van der Waals surface area contributed by atoms with Gasteiger partial charge in [-0.15, -0.1) is 11.3 Å². The van der Waals surface area contributed by atoms with Gasteiger partial charge in [0.25, 0.3) is 11.8 Å². The van der Waals surface area contributed by atoms with Gasteiger partial charge in [-0.2, -0.15) is 0 Å². The number of nitrogens with two attached hydrogens (primary N) is 1. The van der Waals surface area contributed by atoms with Crippen molar-refractivity contribution >= 4 is 34.1 Å². The van der Waals surface area contributed by atoms with E-state index in [1.807, 2.05) is 0 Å². The Balaban J connectivity index is 2.03. The first-order valence-corrected chi connectivity index (χ1v) is 8.52. The molecule has 126 valence electrons. The molecular formula is C15H22N3O4S+. The van der Waals surface area contributed by atoms with Gasteiger partial charge in [0.15, 0.2) is 13.1 Å². The van der Waals surface area contributed by atoms with E-state index < -0.39 is 0 Å². The lowest BCUT2D eigenvalue weighted by Gasteiger charge is -2.07. The first-order chi connectivity index (χ1) is 11.1. The molecule has 2 rings (SSSR count). The molecule has 1 heterocycles. The van der Waals surface area contributed by atoms with Crippen LogP contribution in [0.4, 0.5) is 5.00 Å². The predicted octanol–water partition coefficient (Wildman–Crippen LogP) is -0.339. The van der Waals surface area contributed by atoms with Crippen LogP contribution in [-0.2, 0) is 27.2 Å². The highest BCUT2D eigenvalue weighted by molar-refractivity contribution is 7.17. The maximum Gasteiger partial charge on any atom is 0.341 e. The highest BCUT2D eigenvalue weighted by atomic mass is 32.1. The van der Waals surface area contributed by atoms with Gasteiger partial charge in [-0.05, 0) is 31.7 Å². The van der Waals surface area contributed by atoms with Gasteiger partial charge in [-0.3, -0.25) is 9.59 Å². The summed E-state index contributed by atoms with van der Waals surface area (Å²) in [6.07, 6.45) is 2.81. The van der Waals surface area contributed by atoms with Crippen molar-refractivity contribution in [1.82, 2.24) is 5.32 Å². The summed E-state index contributed by atoms with van der Waals surface area (Å²) < 4.78 is 5.12. The molecule has 0 atom stereocenters. The minimum absolute atomic E-state index is 0.123. The van der Waals surface area contributed by atoms with Crippen LogP contribution < -0.4 is 16.0 Å². The van der Waals surface area contributed by atoms with E-state index >= 15 is 0 Å². The van der Waals surface area contributed by atoms with Crippen LogP contribution in [0, 0.1) is 0 Å². The molecule has 2 amide bonds. The molecule has 4 N–H and O–H groups in total. The number of nitrogens with one attached hydrogen (secondary N) is 2. The van der Waals surface area contributed by atoms with Crippen molar-refractivity contribution in [3.63, 3.8) is 0 Å². The van der Waals surface area contributed by atoms with E-state index in [1.54, 1.807) is 19.3 Å². The second-order valence-electron chi connectivity index (χ2n) is 5.20. The SMILES string of the molecule is CCOC(=O)c1c(NC(=O)C[NH2+]CC(=O)NC)sc2c1CCC2. The number of quaternary nitrogens is 1. The lowest BCUT2D eigenvalue weighted by Crippen LogP contribution is -2.88. The van der Waals surface area contributed by atoms with E-state index in [2.05, 4.69) is 10.6 Å². The molecule has 0 aliphatic heterocycles. The van der Waals surface area contributed by atoms with E-state index in [0.717, 1.165) is 29.7 Å². The summed E-state index contributed by atoms with van der Waals surface area (Å²) in [6, 6.07) is 0. The molecule has 0 aromatic carbocycles. The highest BCUT2D eigenvalue weighted by Gasteiger charge is 2.28. The molecule has 0 fully saturated rings. The average molecular weight is 340 g/mol. The summed E-state index contributed by atoms with van der Waals surface area (Å²) >= 11 is 1.45. The number of likely N-dealkylation sites (N-methyl/N-ethyl adjacent to an activating group) is 1. The van der Waals surface area contributed by atoms with Gasteiger partial charge in [0.1, 0.15) is 5.00 Å². The largest absolute Gasteiger partial charge is 0.462 e. The molecule has 0 bridgehead atoms. The summed E-state index contributed by atoms with van der Waals surface area (Å²) in [7, 11) is 1.55. The Morgan fingerprint density at radius 2 is 1.96 bits per heavy atom. The summed E-state index contributed by atoms with van der Waals surface area (Å²) in [5.41, 5.74) is 1.52. The van der Waals surface area contributed by atoms with Crippen LogP contribution in [0.3, 0.4) is 0 Å². The number of amides is 2. The Morgan fingerprint density at radius 1 is 1.22 bits per heavy atom. The number of hydrogen-bond acceptors (Lipinski definition) is 5. The number of hydrogen-bond donors (Lipinski definition) is 3. The first kappa shape index (κ1) is 17.4. The quantitative estimate of drug-likeness (QED) is 0.591. The molecule has 0 saturated carbocycles. The number of aryl methyl sites for hydroxylation is 1. The fourth-order valence-corrected chi connectivity index (χ4v) is 3.82. The maximum atomic E-state index is 12.2. The average Bonchev–Trinajstić information content (AvgIpc) is 3.07. The topological polar surface area (TPSA) is 101 Å². The summed E-state index contributed by atoms with van der Waals surface area (Å²) in [5.74, 6) is -0.754. The van der Waals surface area contributed by atoms with Crippen LogP contribution >= 0.6 is 11.3 Å². The van der Waals surface area contributed by atoms with E-state index in [1.165, 1.54) is 11.3 Å². The standard InChI is InChI=1S/C15H21N3O4S/c1-3-22-15(21)13-9-5-4-6-10(9)23-14(13)18-12(20)8-17-7-11(19)16-2/h17H,3-8H2,1-2H3,(H,16,19)(H,18,20)/p+1. The van der Waals surface area contributed by atoms with Gasteiger partial charge in [0.05, 0.1) is 12.2 Å². The van der Waals surface area contributed by atoms with Gasteiger partial charge in [0.2, 0.25) is 0 Å². The number of esters is 1. The number of carbonyl (C=O) groups excluding carboxylic acids is 3. The van der Waals surface area contributed by atoms with Crippen molar-refractivity contribution in [2.75, 3.05) is 32.1 Å². The minimum atomic E-state index is -0.378. The van der Waals surface area contributed by atoms with Crippen molar-refractivity contribution in [1.29, 1.82) is 0 Å². The van der Waals surface area contributed by atoms with Crippen LogP contribution in [0.15, 0.2) is 0 Å². The lowest BCUT2D eigenvalue weighted by molar-refractivity contribution is -0.632. The van der Waals surface area contributed by atoms with Gasteiger partial charge >= 0.3 is 5.97 Å². The Labute approximate surface area is 138 Å². The fourth-order valence-electron chi connectivity index (χ4n) is 2.53. The molecule has 0 unspecified atom stereocenters. The van der Waals surface area contributed by atoms with E-state index in [0.29, 0.717) is 17.2 Å². The van der Waals surface area contributed by atoms with Gasteiger partial charge in [0, 0.05) is 11.9 Å². The molecule has 8 heteroatoms. The maximum absolute atomic E-state index is 12.2. The van der Waals surface area contributed by atoms with E-state index in [4.69, 9.17) is 4.74 Å². The molecule has 7 nitrogen and oxygen atoms in total. The molecule has 1 aromatic heterocycles. The van der Waals surface area contributed by atoms with Crippen LogP contribution in [0.2, 0.25) is 0 Å². The first-order valence-electron chi connectivity index (χ1n) is 7.70. The lowest BCUT2D eigenvalue weighted by atomic mass is 10.1. The molecule has 0 saturated heterocycles.